The minimum absolute atomic E-state index is 0.0141. The topological polar surface area (TPSA) is 34.0 Å². The third kappa shape index (κ3) is 3.40. The fourth-order valence-electron chi connectivity index (χ4n) is 1.36. The Labute approximate surface area is 97.8 Å². The molecule has 0 saturated heterocycles. The van der Waals surface area contributed by atoms with Gasteiger partial charge in [-0.15, -0.1) is 0 Å². The molecule has 0 radical (unpaired) electrons. The zero-order valence-electron chi connectivity index (χ0n) is 11.1. The van der Waals surface area contributed by atoms with Crippen LogP contribution in [0.15, 0.2) is 18.5 Å². The molecule has 0 atom stereocenters. The van der Waals surface area contributed by atoms with E-state index in [2.05, 4.69) is 26.1 Å². The number of aromatic nitrogens is 1. The summed E-state index contributed by atoms with van der Waals surface area (Å²) in [7, 11) is 0. The maximum absolute atomic E-state index is 11.9. The third-order valence-corrected chi connectivity index (χ3v) is 2.22. The van der Waals surface area contributed by atoms with Crippen molar-refractivity contribution in [2.24, 2.45) is 0 Å². The van der Waals surface area contributed by atoms with Gasteiger partial charge in [0.25, 0.3) is 5.91 Å². The first-order chi connectivity index (χ1) is 7.09. The Bertz CT molecular complexity index is 377. The molecule has 1 amide bonds. The van der Waals surface area contributed by atoms with Crippen molar-refractivity contribution in [1.82, 2.24) is 9.88 Å². The van der Waals surface area contributed by atoms with Gasteiger partial charge in [-0.3, -0.25) is 4.79 Å². The van der Waals surface area contributed by atoms with Crippen molar-refractivity contribution in [3.05, 3.63) is 24.0 Å². The summed E-state index contributed by atoms with van der Waals surface area (Å²) in [6.07, 6.45) is 3.83. The predicted molar refractivity (Wildman–Crippen MR) is 66.6 cm³/mol. The molecule has 1 aromatic rings. The largest absolute Gasteiger partial charge is 0.348 e. The summed E-state index contributed by atoms with van der Waals surface area (Å²) in [6, 6.07) is 1.85. The Kier molecular flexibility index (Phi) is 3.17. The highest BCUT2D eigenvalue weighted by Crippen LogP contribution is 2.16. The van der Waals surface area contributed by atoms with Crippen LogP contribution in [-0.2, 0) is 5.54 Å². The first-order valence-electron chi connectivity index (χ1n) is 5.60. The minimum atomic E-state index is -0.194. The molecule has 16 heavy (non-hydrogen) atoms. The predicted octanol–water partition coefficient (Wildman–Crippen LogP) is 2.77. The van der Waals surface area contributed by atoms with Crippen LogP contribution < -0.4 is 5.32 Å². The SMILES string of the molecule is CC(C)(C)NC(=O)c1ccn(C(C)(C)C)c1. The number of carbonyl (C=O) groups excluding carboxylic acids is 1. The molecule has 0 aliphatic heterocycles. The van der Waals surface area contributed by atoms with Crippen molar-refractivity contribution in [3.8, 4) is 0 Å². The van der Waals surface area contributed by atoms with Crippen LogP contribution in [0.3, 0.4) is 0 Å². The summed E-state index contributed by atoms with van der Waals surface area (Å²) in [5, 5.41) is 2.95. The van der Waals surface area contributed by atoms with Crippen molar-refractivity contribution in [3.63, 3.8) is 0 Å². The summed E-state index contributed by atoms with van der Waals surface area (Å²) >= 11 is 0. The molecule has 90 valence electrons. The van der Waals surface area contributed by atoms with Crippen molar-refractivity contribution in [2.75, 3.05) is 0 Å². The molecule has 0 aromatic carbocycles. The zero-order valence-corrected chi connectivity index (χ0v) is 11.1. The van der Waals surface area contributed by atoms with Crippen LogP contribution in [0.5, 0.6) is 0 Å². The van der Waals surface area contributed by atoms with Crippen molar-refractivity contribution in [2.45, 2.75) is 52.6 Å². The fraction of sp³-hybridized carbons (Fsp3) is 0.615. The highest BCUT2D eigenvalue weighted by Gasteiger charge is 2.18. The Hall–Kier alpha value is -1.25. The highest BCUT2D eigenvalue weighted by molar-refractivity contribution is 5.94. The van der Waals surface area contributed by atoms with Crippen LogP contribution in [0.2, 0.25) is 0 Å². The summed E-state index contributed by atoms with van der Waals surface area (Å²) in [6.45, 7) is 12.3. The number of nitrogens with one attached hydrogen (secondary N) is 1. The van der Waals surface area contributed by atoms with E-state index in [4.69, 9.17) is 0 Å². The average Bonchev–Trinajstić information content (AvgIpc) is 2.46. The highest BCUT2D eigenvalue weighted by atomic mass is 16.1. The molecule has 3 heteroatoms. The van der Waals surface area contributed by atoms with Crippen LogP contribution in [0.4, 0.5) is 0 Å². The molecule has 1 aromatic heterocycles. The second-order valence-corrected chi connectivity index (χ2v) is 6.18. The Balaban J connectivity index is 2.83. The number of nitrogens with zero attached hydrogens (tertiary/aromatic N) is 1. The lowest BCUT2D eigenvalue weighted by Gasteiger charge is -2.21. The molecule has 0 bridgehead atoms. The summed E-state index contributed by atoms with van der Waals surface area (Å²) in [5.74, 6) is -0.0181. The number of hydrogen-bond donors (Lipinski definition) is 1. The molecule has 0 aliphatic rings. The smallest absolute Gasteiger partial charge is 0.253 e. The van der Waals surface area contributed by atoms with Crippen LogP contribution in [-0.4, -0.2) is 16.0 Å². The normalized spacial score (nSPS) is 12.6. The van der Waals surface area contributed by atoms with Crippen LogP contribution >= 0.6 is 0 Å². The van der Waals surface area contributed by atoms with E-state index in [1.165, 1.54) is 0 Å². The van der Waals surface area contributed by atoms with Gasteiger partial charge >= 0.3 is 0 Å². The van der Waals surface area contributed by atoms with Crippen LogP contribution in [0.1, 0.15) is 51.9 Å². The van der Waals surface area contributed by atoms with Gasteiger partial charge < -0.3 is 9.88 Å². The molecular weight excluding hydrogens is 200 g/mol. The second kappa shape index (κ2) is 3.96. The van der Waals surface area contributed by atoms with E-state index in [0.717, 1.165) is 0 Å². The van der Waals surface area contributed by atoms with Gasteiger partial charge in [0.1, 0.15) is 0 Å². The van der Waals surface area contributed by atoms with Gasteiger partial charge in [-0.25, -0.2) is 0 Å². The molecule has 0 unspecified atom stereocenters. The number of rotatable bonds is 1. The van der Waals surface area contributed by atoms with Crippen LogP contribution in [0.25, 0.3) is 0 Å². The summed E-state index contributed by atoms with van der Waals surface area (Å²) in [4.78, 5) is 11.9. The van der Waals surface area contributed by atoms with Gasteiger partial charge in [0.2, 0.25) is 0 Å². The average molecular weight is 222 g/mol. The zero-order chi connectivity index (χ0) is 12.6. The van der Waals surface area contributed by atoms with Gasteiger partial charge in [0.15, 0.2) is 0 Å². The van der Waals surface area contributed by atoms with Gasteiger partial charge in [0, 0.05) is 23.5 Å². The monoisotopic (exact) mass is 222 g/mol. The van der Waals surface area contributed by atoms with E-state index in [9.17, 15) is 4.79 Å². The first-order valence-corrected chi connectivity index (χ1v) is 5.60. The lowest BCUT2D eigenvalue weighted by Crippen LogP contribution is -2.40. The van der Waals surface area contributed by atoms with E-state index in [1.807, 2.05) is 43.8 Å². The number of amides is 1. The first kappa shape index (κ1) is 12.8. The fourth-order valence-corrected chi connectivity index (χ4v) is 1.36. The minimum Gasteiger partial charge on any atom is -0.348 e. The van der Waals surface area contributed by atoms with Crippen LogP contribution in [0, 0.1) is 0 Å². The molecule has 0 saturated carbocycles. The quantitative estimate of drug-likeness (QED) is 0.779. The Morgan fingerprint density at radius 1 is 1.19 bits per heavy atom. The Morgan fingerprint density at radius 2 is 1.75 bits per heavy atom. The molecule has 0 spiro atoms. The third-order valence-electron chi connectivity index (χ3n) is 2.22. The van der Waals surface area contributed by atoms with E-state index in [1.54, 1.807) is 0 Å². The van der Waals surface area contributed by atoms with Gasteiger partial charge in [-0.05, 0) is 47.6 Å². The maximum Gasteiger partial charge on any atom is 0.253 e. The molecule has 1 rings (SSSR count). The van der Waals surface area contributed by atoms with Gasteiger partial charge in [0.05, 0.1) is 5.56 Å². The van der Waals surface area contributed by atoms with E-state index < -0.39 is 0 Å². The number of hydrogen-bond acceptors (Lipinski definition) is 1. The van der Waals surface area contributed by atoms with Gasteiger partial charge in [-0.1, -0.05) is 0 Å². The van der Waals surface area contributed by atoms with Crippen molar-refractivity contribution >= 4 is 5.91 Å². The molecule has 0 fully saturated rings. The molecule has 0 aliphatic carbocycles. The Morgan fingerprint density at radius 3 is 2.12 bits per heavy atom. The lowest BCUT2D eigenvalue weighted by molar-refractivity contribution is 0.0919. The van der Waals surface area contributed by atoms with E-state index >= 15 is 0 Å². The summed E-state index contributed by atoms with van der Waals surface area (Å²) in [5.41, 5.74) is 0.533. The second-order valence-electron chi connectivity index (χ2n) is 6.18. The number of carbonyl (C=O) groups is 1. The van der Waals surface area contributed by atoms with E-state index in [0.29, 0.717) is 5.56 Å². The van der Waals surface area contributed by atoms with Crippen molar-refractivity contribution < 1.29 is 4.79 Å². The maximum atomic E-state index is 11.9. The molecule has 1 N–H and O–H groups in total. The standard InChI is InChI=1S/C13H22N2O/c1-12(2,3)14-11(16)10-7-8-15(9-10)13(4,5)6/h7-9H,1-6H3,(H,14,16). The van der Waals surface area contributed by atoms with E-state index in [-0.39, 0.29) is 17.0 Å². The molecular formula is C13H22N2O. The van der Waals surface area contributed by atoms with Gasteiger partial charge in [-0.2, -0.15) is 0 Å². The molecule has 3 nitrogen and oxygen atoms in total. The summed E-state index contributed by atoms with van der Waals surface area (Å²) < 4.78 is 2.05. The lowest BCUT2D eigenvalue weighted by atomic mass is 10.1. The van der Waals surface area contributed by atoms with Crippen molar-refractivity contribution in [1.29, 1.82) is 0 Å². The molecule has 1 heterocycles.